The third-order valence-corrected chi connectivity index (χ3v) is 5.04. The first kappa shape index (κ1) is 17.2. The van der Waals surface area contributed by atoms with Crippen LogP contribution < -0.4 is 4.90 Å². The zero-order chi connectivity index (χ0) is 16.9. The highest BCUT2D eigenvalue weighted by molar-refractivity contribution is 5.79. The Morgan fingerprint density at radius 2 is 2.00 bits per heavy atom. The van der Waals surface area contributed by atoms with Gasteiger partial charge in [0.25, 0.3) is 0 Å². The molecule has 5 heteroatoms. The Kier molecular flexibility index (Phi) is 5.72. The number of anilines is 1. The molecule has 0 radical (unpaired) electrons. The first-order valence-electron chi connectivity index (χ1n) is 9.30. The topological polar surface area (TPSA) is 39.7 Å². The van der Waals surface area contributed by atoms with Gasteiger partial charge in [0.15, 0.2) is 0 Å². The molecule has 24 heavy (non-hydrogen) atoms. The summed E-state index contributed by atoms with van der Waals surface area (Å²) in [6, 6.07) is 6.00. The molecule has 2 saturated heterocycles. The summed E-state index contributed by atoms with van der Waals surface area (Å²) in [5.74, 6) is 2.24. The number of likely N-dealkylation sites (tertiary alicyclic amines) is 1. The summed E-state index contributed by atoms with van der Waals surface area (Å²) < 4.78 is 0. The maximum absolute atomic E-state index is 12.9. The van der Waals surface area contributed by atoms with Gasteiger partial charge in [-0.05, 0) is 37.4 Å². The molecule has 0 N–H and O–H groups in total. The van der Waals surface area contributed by atoms with Gasteiger partial charge in [-0.25, -0.2) is 4.98 Å². The minimum atomic E-state index is 0.193. The molecule has 1 unspecified atom stereocenters. The minimum Gasteiger partial charge on any atom is -0.353 e. The highest BCUT2D eigenvalue weighted by Crippen LogP contribution is 2.21. The molecule has 5 nitrogen and oxygen atoms in total. The lowest BCUT2D eigenvalue weighted by Crippen LogP contribution is -2.53. The lowest BCUT2D eigenvalue weighted by atomic mass is 9.95. The summed E-state index contributed by atoms with van der Waals surface area (Å²) in [7, 11) is 0. The molecule has 0 bridgehead atoms. The van der Waals surface area contributed by atoms with Gasteiger partial charge >= 0.3 is 0 Å². The fourth-order valence-electron chi connectivity index (χ4n) is 3.89. The molecule has 1 amide bonds. The number of hydrogen-bond acceptors (Lipinski definition) is 4. The van der Waals surface area contributed by atoms with Crippen molar-refractivity contribution in [3.63, 3.8) is 0 Å². The van der Waals surface area contributed by atoms with Gasteiger partial charge in [0, 0.05) is 45.5 Å². The molecule has 3 heterocycles. The molecule has 2 aliphatic heterocycles. The van der Waals surface area contributed by atoms with Crippen molar-refractivity contribution in [3.05, 3.63) is 24.4 Å². The van der Waals surface area contributed by atoms with Crippen molar-refractivity contribution in [2.45, 2.75) is 26.7 Å². The van der Waals surface area contributed by atoms with E-state index < -0.39 is 0 Å². The number of carbonyl (C=O) groups is 1. The van der Waals surface area contributed by atoms with Gasteiger partial charge in [0.2, 0.25) is 5.91 Å². The average Bonchev–Trinajstić information content (AvgIpc) is 2.62. The first-order valence-corrected chi connectivity index (χ1v) is 9.30. The van der Waals surface area contributed by atoms with E-state index in [1.54, 1.807) is 0 Å². The second-order valence-electron chi connectivity index (χ2n) is 7.49. The molecule has 1 aromatic heterocycles. The minimum absolute atomic E-state index is 0.193. The molecule has 0 aromatic carbocycles. The molecule has 2 aliphatic rings. The van der Waals surface area contributed by atoms with E-state index in [9.17, 15) is 4.79 Å². The Morgan fingerprint density at radius 3 is 2.67 bits per heavy atom. The lowest BCUT2D eigenvalue weighted by molar-refractivity contribution is -0.137. The van der Waals surface area contributed by atoms with E-state index in [-0.39, 0.29) is 5.92 Å². The summed E-state index contributed by atoms with van der Waals surface area (Å²) >= 11 is 0. The molecule has 3 rings (SSSR count). The van der Waals surface area contributed by atoms with E-state index in [1.165, 1.54) is 0 Å². The molecule has 1 aromatic rings. The van der Waals surface area contributed by atoms with Crippen molar-refractivity contribution in [1.82, 2.24) is 14.8 Å². The van der Waals surface area contributed by atoms with E-state index in [0.717, 1.165) is 64.5 Å². The van der Waals surface area contributed by atoms with Gasteiger partial charge in [-0.1, -0.05) is 19.9 Å². The monoisotopic (exact) mass is 330 g/mol. The molecule has 2 fully saturated rings. The van der Waals surface area contributed by atoms with Crippen LogP contribution >= 0.6 is 0 Å². The van der Waals surface area contributed by atoms with Crippen LogP contribution in [-0.4, -0.2) is 66.5 Å². The number of amides is 1. The molecule has 1 atom stereocenters. The van der Waals surface area contributed by atoms with E-state index >= 15 is 0 Å². The van der Waals surface area contributed by atoms with Crippen molar-refractivity contribution in [1.29, 1.82) is 0 Å². The molecule has 0 aliphatic carbocycles. The average molecular weight is 330 g/mol. The Hall–Kier alpha value is -1.62. The second-order valence-corrected chi connectivity index (χ2v) is 7.49. The van der Waals surface area contributed by atoms with Crippen LogP contribution in [0, 0.1) is 11.8 Å². The summed E-state index contributed by atoms with van der Waals surface area (Å²) in [6.45, 7) is 11.1. The van der Waals surface area contributed by atoms with Crippen LogP contribution in [0.15, 0.2) is 24.4 Å². The zero-order valence-corrected chi connectivity index (χ0v) is 15.0. The normalized spacial score (nSPS) is 22.9. The fraction of sp³-hybridized carbons (Fsp3) is 0.684. The molecule has 0 spiro atoms. The van der Waals surface area contributed by atoms with Crippen LogP contribution in [0.1, 0.15) is 26.7 Å². The highest BCUT2D eigenvalue weighted by Gasteiger charge is 2.31. The largest absolute Gasteiger partial charge is 0.353 e. The van der Waals surface area contributed by atoms with Crippen LogP contribution in [0.2, 0.25) is 0 Å². The Labute approximate surface area is 145 Å². The maximum atomic E-state index is 12.9. The zero-order valence-electron chi connectivity index (χ0n) is 15.0. The van der Waals surface area contributed by atoms with Crippen LogP contribution in [0.25, 0.3) is 0 Å². The summed E-state index contributed by atoms with van der Waals surface area (Å²) in [5.41, 5.74) is 0. The number of piperazine rings is 1. The fourth-order valence-corrected chi connectivity index (χ4v) is 3.89. The van der Waals surface area contributed by atoms with Crippen LogP contribution in [0.4, 0.5) is 5.82 Å². The van der Waals surface area contributed by atoms with Crippen molar-refractivity contribution in [2.24, 2.45) is 11.8 Å². The van der Waals surface area contributed by atoms with Crippen molar-refractivity contribution >= 4 is 11.7 Å². The highest BCUT2D eigenvalue weighted by atomic mass is 16.2. The standard InChI is InChI=1S/C19H30N4O/c1-16(2)14-21-9-5-6-17(15-21)19(24)23-12-10-22(11-13-23)18-7-3-4-8-20-18/h3-4,7-8,16-17H,5-6,9-15H2,1-2H3. The van der Waals surface area contributed by atoms with E-state index in [1.807, 2.05) is 24.4 Å². The van der Waals surface area contributed by atoms with Crippen molar-refractivity contribution in [2.75, 3.05) is 50.7 Å². The van der Waals surface area contributed by atoms with Crippen molar-refractivity contribution < 1.29 is 4.79 Å². The van der Waals surface area contributed by atoms with E-state index in [4.69, 9.17) is 0 Å². The predicted molar refractivity (Wildman–Crippen MR) is 97.0 cm³/mol. The Balaban J connectivity index is 1.51. The lowest BCUT2D eigenvalue weighted by Gasteiger charge is -2.39. The van der Waals surface area contributed by atoms with Crippen LogP contribution in [0.5, 0.6) is 0 Å². The molecular formula is C19H30N4O. The quantitative estimate of drug-likeness (QED) is 0.848. The number of piperidine rings is 1. The Bertz CT molecular complexity index is 525. The smallest absolute Gasteiger partial charge is 0.227 e. The van der Waals surface area contributed by atoms with E-state index in [2.05, 4.69) is 33.5 Å². The van der Waals surface area contributed by atoms with Gasteiger partial charge in [-0.2, -0.15) is 0 Å². The van der Waals surface area contributed by atoms with E-state index in [0.29, 0.717) is 11.8 Å². The number of rotatable bonds is 4. The Morgan fingerprint density at radius 1 is 1.21 bits per heavy atom. The summed E-state index contributed by atoms with van der Waals surface area (Å²) in [4.78, 5) is 24.1. The number of aromatic nitrogens is 1. The van der Waals surface area contributed by atoms with Crippen molar-refractivity contribution in [3.8, 4) is 0 Å². The number of pyridine rings is 1. The maximum Gasteiger partial charge on any atom is 0.227 e. The van der Waals surface area contributed by atoms with Gasteiger partial charge in [-0.15, -0.1) is 0 Å². The number of hydrogen-bond donors (Lipinski definition) is 0. The molecule has 0 saturated carbocycles. The molecule has 132 valence electrons. The van der Waals surface area contributed by atoms with Crippen LogP contribution in [0.3, 0.4) is 0 Å². The third kappa shape index (κ3) is 4.26. The molecular weight excluding hydrogens is 300 g/mol. The van der Waals surface area contributed by atoms with Gasteiger partial charge < -0.3 is 14.7 Å². The van der Waals surface area contributed by atoms with Gasteiger partial charge in [0.05, 0.1) is 5.92 Å². The van der Waals surface area contributed by atoms with Crippen LogP contribution in [-0.2, 0) is 4.79 Å². The summed E-state index contributed by atoms with van der Waals surface area (Å²) in [5, 5.41) is 0. The first-order chi connectivity index (χ1) is 11.6. The second kappa shape index (κ2) is 7.97. The van der Waals surface area contributed by atoms with Gasteiger partial charge in [0.1, 0.15) is 5.82 Å². The van der Waals surface area contributed by atoms with Gasteiger partial charge in [-0.3, -0.25) is 4.79 Å². The number of carbonyl (C=O) groups excluding carboxylic acids is 1. The number of nitrogens with zero attached hydrogens (tertiary/aromatic N) is 4. The predicted octanol–water partition coefficient (Wildman–Crippen LogP) is 2.10. The summed E-state index contributed by atoms with van der Waals surface area (Å²) in [6.07, 6.45) is 4.03. The third-order valence-electron chi connectivity index (χ3n) is 5.04. The SMILES string of the molecule is CC(C)CN1CCCC(C(=O)N2CCN(c3ccccn3)CC2)C1.